The minimum atomic E-state index is -0.303. The monoisotopic (exact) mass is 456 g/mol. The van der Waals surface area contributed by atoms with Crippen molar-refractivity contribution in [2.75, 3.05) is 19.6 Å². The highest BCUT2D eigenvalue weighted by Gasteiger charge is 2.25. The topological polar surface area (TPSA) is 64.2 Å². The molecule has 0 atom stereocenters. The first kappa shape index (κ1) is 25.1. The van der Waals surface area contributed by atoms with Crippen LogP contribution in [0.3, 0.4) is 0 Å². The number of aryl methyl sites for hydroxylation is 2. The molecule has 2 aliphatic heterocycles. The van der Waals surface area contributed by atoms with E-state index in [1.54, 1.807) is 6.07 Å². The maximum absolute atomic E-state index is 13.4. The van der Waals surface area contributed by atoms with Crippen LogP contribution in [0.2, 0.25) is 0 Å². The van der Waals surface area contributed by atoms with Gasteiger partial charge in [-0.2, -0.15) is 0 Å². The lowest BCUT2D eigenvalue weighted by molar-refractivity contribution is 0.211. The molecule has 1 fully saturated rings. The van der Waals surface area contributed by atoms with Crippen LogP contribution in [-0.2, 0) is 19.4 Å². The van der Waals surface area contributed by atoms with Crippen molar-refractivity contribution < 1.29 is 8.91 Å². The Bertz CT molecular complexity index is 1130. The van der Waals surface area contributed by atoms with Gasteiger partial charge in [0.1, 0.15) is 11.6 Å². The second-order valence-electron chi connectivity index (χ2n) is 8.58. The highest BCUT2D eigenvalue weighted by atomic mass is 19.1. The SMILES string of the molecule is C.CC.Cc1nc2n(c(=O)c1CCN1CCC(c3noc4cc(F)ccc34)CC1)CCCC2. The molecule has 2 aromatic heterocycles. The van der Waals surface area contributed by atoms with Crippen LogP contribution in [0, 0.1) is 12.7 Å². The summed E-state index contributed by atoms with van der Waals surface area (Å²) >= 11 is 0. The lowest BCUT2D eigenvalue weighted by Gasteiger charge is -2.31. The number of piperidine rings is 1. The van der Waals surface area contributed by atoms with Gasteiger partial charge >= 0.3 is 0 Å². The summed E-state index contributed by atoms with van der Waals surface area (Å²) in [7, 11) is 0. The lowest BCUT2D eigenvalue weighted by atomic mass is 9.91. The van der Waals surface area contributed by atoms with E-state index in [-0.39, 0.29) is 18.8 Å². The van der Waals surface area contributed by atoms with E-state index >= 15 is 0 Å². The molecule has 0 bridgehead atoms. The van der Waals surface area contributed by atoms with E-state index in [2.05, 4.69) is 10.1 Å². The van der Waals surface area contributed by atoms with Crippen LogP contribution in [-0.4, -0.2) is 39.2 Å². The van der Waals surface area contributed by atoms with Gasteiger partial charge in [-0.25, -0.2) is 9.37 Å². The maximum atomic E-state index is 13.4. The molecule has 2 aliphatic rings. The zero-order chi connectivity index (χ0) is 22.7. The van der Waals surface area contributed by atoms with Gasteiger partial charge < -0.3 is 9.42 Å². The molecule has 3 aromatic rings. The summed E-state index contributed by atoms with van der Waals surface area (Å²) in [5, 5.41) is 5.15. The quantitative estimate of drug-likeness (QED) is 0.536. The number of aromatic nitrogens is 3. The van der Waals surface area contributed by atoms with Crippen LogP contribution in [0.4, 0.5) is 4.39 Å². The third-order valence-electron chi connectivity index (χ3n) is 6.69. The average Bonchev–Trinajstić information content (AvgIpc) is 3.23. The van der Waals surface area contributed by atoms with Gasteiger partial charge in [0.2, 0.25) is 0 Å². The summed E-state index contributed by atoms with van der Waals surface area (Å²) in [5.41, 5.74) is 3.38. The van der Waals surface area contributed by atoms with Crippen molar-refractivity contribution in [3.63, 3.8) is 0 Å². The molecule has 0 saturated carbocycles. The maximum Gasteiger partial charge on any atom is 0.256 e. The molecule has 1 aromatic carbocycles. The van der Waals surface area contributed by atoms with Crippen LogP contribution in [0.1, 0.15) is 75.7 Å². The summed E-state index contributed by atoms with van der Waals surface area (Å²) in [6, 6.07) is 4.63. The molecule has 0 spiro atoms. The Labute approximate surface area is 195 Å². The van der Waals surface area contributed by atoms with Crippen molar-refractivity contribution in [2.45, 2.75) is 79.2 Å². The Hall–Kier alpha value is -2.54. The standard InChI is InChI=1S/C23H27FN4O2.C2H6.CH4/c1-15-18(23(29)28-10-3-2-4-21(28)25-15)9-13-27-11-7-16(8-12-27)22-19-6-5-17(24)14-20(19)30-26-22;1-2;/h5-6,14,16H,2-4,7-13H2,1H3;1-2H3;1H4. The van der Waals surface area contributed by atoms with E-state index in [4.69, 9.17) is 9.51 Å². The van der Waals surface area contributed by atoms with Crippen molar-refractivity contribution in [1.82, 2.24) is 19.6 Å². The molecule has 0 amide bonds. The molecule has 0 N–H and O–H groups in total. The fourth-order valence-corrected chi connectivity index (χ4v) is 4.94. The summed E-state index contributed by atoms with van der Waals surface area (Å²) in [6.07, 6.45) is 5.81. The van der Waals surface area contributed by atoms with Crippen molar-refractivity contribution in [3.05, 3.63) is 57.1 Å². The zero-order valence-electron chi connectivity index (χ0n) is 19.4. The van der Waals surface area contributed by atoms with Gasteiger partial charge in [-0.1, -0.05) is 26.4 Å². The van der Waals surface area contributed by atoms with Gasteiger partial charge in [-0.3, -0.25) is 9.36 Å². The number of nitrogens with zero attached hydrogens (tertiary/aromatic N) is 4. The predicted octanol–water partition coefficient (Wildman–Crippen LogP) is 5.25. The fraction of sp³-hybridized carbons (Fsp3) is 0.577. The van der Waals surface area contributed by atoms with Gasteiger partial charge in [-0.05, 0) is 64.3 Å². The number of hydrogen-bond acceptors (Lipinski definition) is 5. The van der Waals surface area contributed by atoms with Gasteiger partial charge in [-0.15, -0.1) is 0 Å². The summed E-state index contributed by atoms with van der Waals surface area (Å²) in [5.74, 6) is 0.974. The predicted molar refractivity (Wildman–Crippen MR) is 130 cm³/mol. The first-order chi connectivity index (χ1) is 15.6. The third-order valence-corrected chi connectivity index (χ3v) is 6.69. The van der Waals surface area contributed by atoms with Crippen molar-refractivity contribution in [1.29, 1.82) is 0 Å². The molecule has 5 rings (SSSR count). The number of hydrogen-bond donors (Lipinski definition) is 0. The van der Waals surface area contributed by atoms with E-state index in [0.29, 0.717) is 11.5 Å². The number of rotatable bonds is 4. The highest BCUT2D eigenvalue weighted by Crippen LogP contribution is 2.32. The summed E-state index contributed by atoms with van der Waals surface area (Å²) in [4.78, 5) is 20.1. The molecule has 0 unspecified atom stereocenters. The fourth-order valence-electron chi connectivity index (χ4n) is 4.94. The first-order valence-corrected chi connectivity index (χ1v) is 12.0. The van der Waals surface area contributed by atoms with Crippen LogP contribution in [0.5, 0.6) is 0 Å². The van der Waals surface area contributed by atoms with Crippen molar-refractivity contribution >= 4 is 11.0 Å². The number of likely N-dealkylation sites (tertiary alicyclic amines) is 1. The van der Waals surface area contributed by atoms with Gasteiger partial charge in [0, 0.05) is 48.1 Å². The van der Waals surface area contributed by atoms with Gasteiger partial charge in [0.15, 0.2) is 5.58 Å². The van der Waals surface area contributed by atoms with E-state index in [0.717, 1.165) is 92.9 Å². The average molecular weight is 457 g/mol. The molecule has 1 saturated heterocycles. The van der Waals surface area contributed by atoms with Crippen LogP contribution in [0.15, 0.2) is 27.5 Å². The Morgan fingerprint density at radius 3 is 2.67 bits per heavy atom. The smallest absolute Gasteiger partial charge is 0.256 e. The highest BCUT2D eigenvalue weighted by molar-refractivity contribution is 5.79. The lowest BCUT2D eigenvalue weighted by Crippen LogP contribution is -2.37. The molecule has 7 heteroatoms. The van der Waals surface area contributed by atoms with Gasteiger partial charge in [0.25, 0.3) is 5.56 Å². The van der Waals surface area contributed by atoms with Gasteiger partial charge in [0.05, 0.1) is 5.69 Å². The second kappa shape index (κ2) is 11.1. The summed E-state index contributed by atoms with van der Waals surface area (Å²) < 4.78 is 20.6. The molecule has 33 heavy (non-hydrogen) atoms. The first-order valence-electron chi connectivity index (χ1n) is 12.0. The van der Waals surface area contributed by atoms with Crippen molar-refractivity contribution in [3.8, 4) is 0 Å². The Morgan fingerprint density at radius 2 is 1.91 bits per heavy atom. The number of fused-ring (bicyclic) bond motifs is 2. The van der Waals surface area contributed by atoms with E-state index in [1.807, 2.05) is 25.3 Å². The van der Waals surface area contributed by atoms with E-state index in [1.165, 1.54) is 12.1 Å². The molecular weight excluding hydrogens is 419 g/mol. The minimum Gasteiger partial charge on any atom is -0.356 e. The Balaban J connectivity index is 0.000000994. The molecule has 0 aliphatic carbocycles. The Kier molecular flexibility index (Phi) is 8.40. The van der Waals surface area contributed by atoms with E-state index < -0.39 is 0 Å². The number of benzene rings is 1. The molecule has 4 heterocycles. The van der Waals surface area contributed by atoms with E-state index in [9.17, 15) is 9.18 Å². The normalized spacial score (nSPS) is 16.6. The Morgan fingerprint density at radius 1 is 1.15 bits per heavy atom. The van der Waals surface area contributed by atoms with Crippen LogP contribution >= 0.6 is 0 Å². The molecular formula is C26H37FN4O2. The second-order valence-corrected chi connectivity index (χ2v) is 8.58. The largest absolute Gasteiger partial charge is 0.356 e. The minimum absolute atomic E-state index is 0. The van der Waals surface area contributed by atoms with Crippen LogP contribution in [0.25, 0.3) is 11.0 Å². The third kappa shape index (κ3) is 5.18. The molecule has 0 radical (unpaired) electrons. The van der Waals surface area contributed by atoms with Crippen molar-refractivity contribution in [2.24, 2.45) is 0 Å². The molecule has 180 valence electrons. The zero-order valence-corrected chi connectivity index (χ0v) is 19.4. The van der Waals surface area contributed by atoms with Crippen LogP contribution < -0.4 is 5.56 Å². The summed E-state index contributed by atoms with van der Waals surface area (Å²) in [6.45, 7) is 9.55. The number of halogens is 1. The molecule has 6 nitrogen and oxygen atoms in total.